The molecule has 0 heterocycles. The summed E-state index contributed by atoms with van der Waals surface area (Å²) in [6.45, 7) is 0.592. The van der Waals surface area contributed by atoms with Crippen LogP contribution in [-0.2, 0) is 10.0 Å². The molecule has 1 rings (SSSR count). The molecule has 0 saturated heterocycles. The molecular weight excluding hydrogens is 398 g/mol. The maximum Gasteiger partial charge on any atom is 0.243 e. The summed E-state index contributed by atoms with van der Waals surface area (Å²) in [4.78, 5) is 0.256. The predicted octanol–water partition coefficient (Wildman–Crippen LogP) is 2.99. The lowest BCUT2D eigenvalue weighted by molar-refractivity contribution is 0.281. The SMILES string of the molecule is CN(CCCCCO)S(=O)(=O)c1cc(Br)ccc1Br. The van der Waals surface area contributed by atoms with Crippen LogP contribution >= 0.6 is 31.9 Å². The number of rotatable bonds is 7. The molecule has 0 aliphatic carbocycles. The van der Waals surface area contributed by atoms with E-state index in [4.69, 9.17) is 5.11 Å². The Morgan fingerprint density at radius 2 is 1.89 bits per heavy atom. The van der Waals surface area contributed by atoms with Crippen molar-refractivity contribution in [2.24, 2.45) is 0 Å². The number of hydrogen-bond acceptors (Lipinski definition) is 3. The van der Waals surface area contributed by atoms with E-state index >= 15 is 0 Å². The van der Waals surface area contributed by atoms with Gasteiger partial charge < -0.3 is 5.11 Å². The van der Waals surface area contributed by atoms with Crippen molar-refractivity contribution < 1.29 is 13.5 Å². The Morgan fingerprint density at radius 1 is 1.21 bits per heavy atom. The number of aliphatic hydroxyl groups excluding tert-OH is 1. The summed E-state index contributed by atoms with van der Waals surface area (Å²) in [5.74, 6) is 0. The van der Waals surface area contributed by atoms with Gasteiger partial charge in [0.2, 0.25) is 10.0 Å². The van der Waals surface area contributed by atoms with E-state index < -0.39 is 10.0 Å². The smallest absolute Gasteiger partial charge is 0.243 e. The molecule has 0 bridgehead atoms. The van der Waals surface area contributed by atoms with E-state index in [-0.39, 0.29) is 11.5 Å². The third-order valence-electron chi connectivity index (χ3n) is 2.71. The molecule has 0 aromatic heterocycles. The van der Waals surface area contributed by atoms with Gasteiger partial charge in [0.05, 0.1) is 4.90 Å². The van der Waals surface area contributed by atoms with E-state index in [1.54, 1.807) is 25.2 Å². The van der Waals surface area contributed by atoms with Gasteiger partial charge in [0.15, 0.2) is 0 Å². The molecule has 108 valence electrons. The lowest BCUT2D eigenvalue weighted by Gasteiger charge is -2.18. The molecule has 1 aromatic carbocycles. The fraction of sp³-hybridized carbons (Fsp3) is 0.500. The van der Waals surface area contributed by atoms with Gasteiger partial charge in [-0.2, -0.15) is 0 Å². The summed E-state index contributed by atoms with van der Waals surface area (Å²) in [6, 6.07) is 5.07. The second kappa shape index (κ2) is 7.73. The standard InChI is InChI=1S/C12H17Br2NO3S/c1-15(7-3-2-4-8-16)19(17,18)12-9-10(13)5-6-11(12)14/h5-6,9,16H,2-4,7-8H2,1H3. The first-order valence-electron chi connectivity index (χ1n) is 5.92. The Hall–Kier alpha value is 0.0500. The number of nitrogens with zero attached hydrogens (tertiary/aromatic N) is 1. The number of sulfonamides is 1. The Morgan fingerprint density at radius 3 is 2.53 bits per heavy atom. The zero-order valence-electron chi connectivity index (χ0n) is 10.6. The average Bonchev–Trinajstić information content (AvgIpc) is 2.37. The normalized spacial score (nSPS) is 12.1. The molecule has 0 spiro atoms. The third kappa shape index (κ3) is 4.82. The number of unbranched alkanes of at least 4 members (excludes halogenated alkanes) is 2. The molecule has 1 aromatic rings. The van der Waals surface area contributed by atoms with Crippen molar-refractivity contribution in [2.75, 3.05) is 20.2 Å². The predicted molar refractivity (Wildman–Crippen MR) is 82.6 cm³/mol. The van der Waals surface area contributed by atoms with Crippen LogP contribution < -0.4 is 0 Å². The fourth-order valence-corrected chi connectivity index (χ4v) is 4.25. The minimum absolute atomic E-state index is 0.146. The van der Waals surface area contributed by atoms with Crippen LogP contribution in [0, 0.1) is 0 Å². The number of halogens is 2. The zero-order chi connectivity index (χ0) is 14.5. The van der Waals surface area contributed by atoms with Gasteiger partial charge >= 0.3 is 0 Å². The highest BCUT2D eigenvalue weighted by atomic mass is 79.9. The molecule has 0 aliphatic heterocycles. The summed E-state index contributed by atoms with van der Waals surface area (Å²) >= 11 is 6.55. The highest BCUT2D eigenvalue weighted by molar-refractivity contribution is 9.11. The van der Waals surface area contributed by atoms with Crippen LogP contribution in [0.4, 0.5) is 0 Å². The average molecular weight is 415 g/mol. The molecule has 0 unspecified atom stereocenters. The summed E-state index contributed by atoms with van der Waals surface area (Å²) in [6.07, 6.45) is 2.26. The van der Waals surface area contributed by atoms with Crippen molar-refractivity contribution in [3.8, 4) is 0 Å². The van der Waals surface area contributed by atoms with Gasteiger partial charge in [-0.15, -0.1) is 0 Å². The van der Waals surface area contributed by atoms with E-state index in [0.29, 0.717) is 17.4 Å². The summed E-state index contributed by atoms with van der Waals surface area (Å²) < 4.78 is 27.4. The molecule has 0 fully saturated rings. The summed E-state index contributed by atoms with van der Waals surface area (Å²) in [5.41, 5.74) is 0. The van der Waals surface area contributed by atoms with E-state index in [2.05, 4.69) is 31.9 Å². The van der Waals surface area contributed by atoms with Gasteiger partial charge in [-0.3, -0.25) is 0 Å². The molecule has 19 heavy (non-hydrogen) atoms. The first kappa shape index (κ1) is 17.1. The Kier molecular flexibility index (Phi) is 6.96. The molecular formula is C12H17Br2NO3S. The van der Waals surface area contributed by atoms with Crippen LogP contribution in [0.3, 0.4) is 0 Å². The van der Waals surface area contributed by atoms with Crippen LogP contribution in [0.2, 0.25) is 0 Å². The lowest BCUT2D eigenvalue weighted by Crippen LogP contribution is -2.28. The zero-order valence-corrected chi connectivity index (χ0v) is 14.6. The van der Waals surface area contributed by atoms with Crippen LogP contribution in [-0.4, -0.2) is 38.0 Å². The maximum absolute atomic E-state index is 12.4. The second-order valence-electron chi connectivity index (χ2n) is 4.19. The van der Waals surface area contributed by atoms with E-state index in [1.807, 2.05) is 0 Å². The number of hydrogen-bond donors (Lipinski definition) is 1. The summed E-state index contributed by atoms with van der Waals surface area (Å²) in [5, 5.41) is 8.69. The second-order valence-corrected chi connectivity index (χ2v) is 7.97. The minimum atomic E-state index is -3.49. The van der Waals surface area contributed by atoms with Crippen molar-refractivity contribution in [3.63, 3.8) is 0 Å². The van der Waals surface area contributed by atoms with Crippen LogP contribution in [0.5, 0.6) is 0 Å². The largest absolute Gasteiger partial charge is 0.396 e. The molecule has 0 atom stereocenters. The van der Waals surface area contributed by atoms with Gasteiger partial charge in [-0.05, 0) is 53.4 Å². The van der Waals surface area contributed by atoms with Crippen LogP contribution in [0.1, 0.15) is 19.3 Å². The van der Waals surface area contributed by atoms with Crippen molar-refractivity contribution >= 4 is 41.9 Å². The van der Waals surface area contributed by atoms with Crippen molar-refractivity contribution in [2.45, 2.75) is 24.2 Å². The number of benzene rings is 1. The van der Waals surface area contributed by atoms with Gasteiger partial charge in [-0.1, -0.05) is 15.9 Å². The van der Waals surface area contributed by atoms with Gasteiger partial charge in [0, 0.05) is 29.1 Å². The monoisotopic (exact) mass is 413 g/mol. The minimum Gasteiger partial charge on any atom is -0.396 e. The van der Waals surface area contributed by atoms with E-state index in [1.165, 1.54) is 4.31 Å². The molecule has 0 saturated carbocycles. The first-order valence-corrected chi connectivity index (χ1v) is 8.94. The molecule has 0 amide bonds. The molecule has 0 radical (unpaired) electrons. The van der Waals surface area contributed by atoms with Crippen molar-refractivity contribution in [3.05, 3.63) is 27.1 Å². The van der Waals surface area contributed by atoms with E-state index in [0.717, 1.165) is 17.3 Å². The van der Waals surface area contributed by atoms with E-state index in [9.17, 15) is 8.42 Å². The lowest BCUT2D eigenvalue weighted by atomic mass is 10.2. The topological polar surface area (TPSA) is 57.6 Å². The highest BCUT2D eigenvalue weighted by Gasteiger charge is 2.23. The first-order chi connectivity index (χ1) is 8.89. The Bertz CT molecular complexity index is 520. The van der Waals surface area contributed by atoms with Crippen LogP contribution in [0.15, 0.2) is 32.0 Å². The quantitative estimate of drug-likeness (QED) is 0.697. The Labute approximate surface area is 131 Å². The Balaban J connectivity index is 2.82. The molecule has 7 heteroatoms. The van der Waals surface area contributed by atoms with Crippen LogP contribution in [0.25, 0.3) is 0 Å². The third-order valence-corrected chi connectivity index (χ3v) is 6.06. The number of aliphatic hydroxyl groups is 1. The molecule has 0 aliphatic rings. The fourth-order valence-electron chi connectivity index (χ4n) is 1.59. The van der Waals surface area contributed by atoms with Gasteiger partial charge in [0.1, 0.15) is 0 Å². The molecule has 1 N–H and O–H groups in total. The van der Waals surface area contributed by atoms with Crippen molar-refractivity contribution in [1.82, 2.24) is 4.31 Å². The van der Waals surface area contributed by atoms with Gasteiger partial charge in [0.25, 0.3) is 0 Å². The highest BCUT2D eigenvalue weighted by Crippen LogP contribution is 2.27. The van der Waals surface area contributed by atoms with Crippen molar-refractivity contribution in [1.29, 1.82) is 0 Å². The van der Waals surface area contributed by atoms with Gasteiger partial charge in [-0.25, -0.2) is 12.7 Å². The maximum atomic E-state index is 12.4. The summed E-state index contributed by atoms with van der Waals surface area (Å²) in [7, 11) is -1.91. The molecule has 4 nitrogen and oxygen atoms in total.